The van der Waals surface area contributed by atoms with Crippen molar-refractivity contribution in [2.24, 2.45) is 0 Å². The van der Waals surface area contributed by atoms with Gasteiger partial charge >= 0.3 is 11.4 Å². The molecule has 1 aromatic carbocycles. The zero-order chi connectivity index (χ0) is 10.0. The third-order valence-electron chi connectivity index (χ3n) is 1.52. The van der Waals surface area contributed by atoms with Crippen LogP contribution in [0.3, 0.4) is 0 Å². The number of benzene rings is 1. The monoisotopic (exact) mass is 181 g/mol. The van der Waals surface area contributed by atoms with E-state index < -0.39 is 21.2 Å². The second-order valence-corrected chi connectivity index (χ2v) is 2.35. The van der Waals surface area contributed by atoms with E-state index in [9.17, 15) is 20.2 Å². The molecule has 0 aliphatic rings. The topological polar surface area (TPSA) is 86.3 Å². The van der Waals surface area contributed by atoms with E-state index in [1.165, 1.54) is 13.0 Å². The molecule has 0 spiro atoms. The first-order valence-electron chi connectivity index (χ1n) is 3.34. The van der Waals surface area contributed by atoms with E-state index >= 15 is 0 Å². The third kappa shape index (κ3) is 1.61. The molecule has 0 aliphatic carbocycles. The fourth-order valence-electron chi connectivity index (χ4n) is 0.963. The fourth-order valence-corrected chi connectivity index (χ4v) is 0.963. The quantitative estimate of drug-likeness (QED) is 0.512. The molecule has 0 N–H and O–H groups in total. The number of nitro benzene ring substituents is 2. The Kier molecular flexibility index (Phi) is 2.23. The zero-order valence-corrected chi connectivity index (χ0v) is 6.68. The molecule has 67 valence electrons. The minimum Gasteiger partial charge on any atom is -0.258 e. The average molecular weight is 181 g/mol. The Labute approximate surface area is 73.1 Å². The molecule has 0 saturated carbocycles. The highest BCUT2D eigenvalue weighted by atomic mass is 16.6. The summed E-state index contributed by atoms with van der Waals surface area (Å²) >= 11 is 0. The summed E-state index contributed by atoms with van der Waals surface area (Å²) in [5.74, 6) is 0. The molecule has 0 atom stereocenters. The summed E-state index contributed by atoms with van der Waals surface area (Å²) in [4.78, 5) is 19.2. The van der Waals surface area contributed by atoms with Gasteiger partial charge in [-0.15, -0.1) is 0 Å². The first-order chi connectivity index (χ1) is 6.04. The van der Waals surface area contributed by atoms with Crippen molar-refractivity contribution in [2.45, 2.75) is 6.92 Å². The van der Waals surface area contributed by atoms with Crippen molar-refractivity contribution < 1.29 is 9.85 Å². The van der Waals surface area contributed by atoms with Gasteiger partial charge in [0.1, 0.15) is 0 Å². The lowest BCUT2D eigenvalue weighted by molar-refractivity contribution is -0.422. The van der Waals surface area contributed by atoms with Gasteiger partial charge in [-0.3, -0.25) is 20.2 Å². The van der Waals surface area contributed by atoms with E-state index in [1.807, 2.05) is 0 Å². The van der Waals surface area contributed by atoms with Crippen LogP contribution in [-0.4, -0.2) is 9.85 Å². The molecule has 13 heavy (non-hydrogen) atoms. The minimum atomic E-state index is -0.779. The molecule has 0 aliphatic heterocycles. The van der Waals surface area contributed by atoms with Gasteiger partial charge in [0.2, 0.25) is 0 Å². The van der Waals surface area contributed by atoms with E-state index in [1.54, 1.807) is 0 Å². The summed E-state index contributed by atoms with van der Waals surface area (Å²) in [5.41, 5.74) is -0.826. The molecule has 1 radical (unpaired) electrons. The van der Waals surface area contributed by atoms with Gasteiger partial charge in [-0.25, -0.2) is 0 Å². The molecular formula is C7H5N2O4. The number of hydrogen-bond acceptors (Lipinski definition) is 4. The van der Waals surface area contributed by atoms with Crippen molar-refractivity contribution in [2.75, 3.05) is 0 Å². The number of rotatable bonds is 2. The van der Waals surface area contributed by atoms with Crippen LogP contribution in [0, 0.1) is 33.2 Å². The third-order valence-corrected chi connectivity index (χ3v) is 1.52. The van der Waals surface area contributed by atoms with Crippen molar-refractivity contribution in [3.8, 4) is 0 Å². The molecule has 0 bridgehead atoms. The lowest BCUT2D eigenvalue weighted by atomic mass is 10.2. The maximum atomic E-state index is 10.4. The largest absolute Gasteiger partial charge is 0.349 e. The molecule has 0 heterocycles. The maximum absolute atomic E-state index is 10.4. The number of aryl methyl sites for hydroxylation is 1. The van der Waals surface area contributed by atoms with E-state index in [0.717, 1.165) is 6.07 Å². The van der Waals surface area contributed by atoms with Crippen LogP contribution in [0.25, 0.3) is 0 Å². The van der Waals surface area contributed by atoms with Crippen LogP contribution in [-0.2, 0) is 0 Å². The Bertz CT molecular complexity index is 375. The van der Waals surface area contributed by atoms with Crippen LogP contribution in [0.15, 0.2) is 12.1 Å². The average Bonchev–Trinajstić information content (AvgIpc) is 2.02. The highest BCUT2D eigenvalue weighted by Crippen LogP contribution is 2.28. The molecule has 1 aromatic rings. The Hall–Kier alpha value is -1.98. The standard InChI is InChI=1S/C7H5N2O4/c1-5-3-2-4-6(8(10)11)7(5)9(12)13/h2,4H,1H3. The molecular weight excluding hydrogens is 176 g/mol. The van der Waals surface area contributed by atoms with Gasteiger partial charge in [-0.2, -0.15) is 0 Å². The lowest BCUT2D eigenvalue weighted by Crippen LogP contribution is -1.98. The van der Waals surface area contributed by atoms with Crippen LogP contribution >= 0.6 is 0 Å². The smallest absolute Gasteiger partial charge is 0.258 e. The van der Waals surface area contributed by atoms with Gasteiger partial charge in [0.25, 0.3) is 0 Å². The summed E-state index contributed by atoms with van der Waals surface area (Å²) in [5, 5.41) is 20.8. The van der Waals surface area contributed by atoms with Gasteiger partial charge in [-0.1, -0.05) is 0 Å². The van der Waals surface area contributed by atoms with Crippen LogP contribution in [0.4, 0.5) is 11.4 Å². The Morgan fingerprint density at radius 2 is 1.92 bits per heavy atom. The van der Waals surface area contributed by atoms with Gasteiger partial charge in [0.05, 0.1) is 9.85 Å². The molecule has 0 unspecified atom stereocenters. The first-order valence-corrected chi connectivity index (χ1v) is 3.34. The summed E-state index contributed by atoms with van der Waals surface area (Å²) in [6.07, 6.45) is 0. The van der Waals surface area contributed by atoms with E-state index in [2.05, 4.69) is 6.07 Å². The van der Waals surface area contributed by atoms with Gasteiger partial charge in [-0.05, 0) is 19.1 Å². The highest BCUT2D eigenvalue weighted by molar-refractivity contribution is 5.56. The normalized spacial score (nSPS) is 9.62. The molecule has 6 heteroatoms. The lowest BCUT2D eigenvalue weighted by Gasteiger charge is -1.96. The van der Waals surface area contributed by atoms with Crippen molar-refractivity contribution in [1.29, 1.82) is 0 Å². The number of nitrogens with zero attached hydrogens (tertiary/aromatic N) is 2. The van der Waals surface area contributed by atoms with E-state index in [4.69, 9.17) is 0 Å². The summed E-state index contributed by atoms with van der Waals surface area (Å²) < 4.78 is 0. The Balaban J connectivity index is 3.43. The van der Waals surface area contributed by atoms with Crippen molar-refractivity contribution >= 4 is 11.4 Å². The first kappa shape index (κ1) is 9.11. The molecule has 0 aromatic heterocycles. The van der Waals surface area contributed by atoms with Gasteiger partial charge < -0.3 is 0 Å². The minimum absolute atomic E-state index is 0.166. The molecule has 0 amide bonds. The predicted octanol–water partition coefficient (Wildman–Crippen LogP) is 1.61. The summed E-state index contributed by atoms with van der Waals surface area (Å²) in [7, 11) is 0. The van der Waals surface area contributed by atoms with Crippen LogP contribution in [0.5, 0.6) is 0 Å². The molecule has 6 nitrogen and oxygen atoms in total. The zero-order valence-electron chi connectivity index (χ0n) is 6.68. The fraction of sp³-hybridized carbons (Fsp3) is 0.143. The Morgan fingerprint density at radius 1 is 1.31 bits per heavy atom. The van der Waals surface area contributed by atoms with Gasteiger partial charge in [0, 0.05) is 11.6 Å². The van der Waals surface area contributed by atoms with Crippen molar-refractivity contribution in [1.82, 2.24) is 0 Å². The predicted molar refractivity (Wildman–Crippen MR) is 43.3 cm³/mol. The van der Waals surface area contributed by atoms with Crippen LogP contribution in [0.1, 0.15) is 5.56 Å². The Morgan fingerprint density at radius 3 is 2.31 bits per heavy atom. The van der Waals surface area contributed by atoms with E-state index in [-0.39, 0.29) is 5.56 Å². The van der Waals surface area contributed by atoms with Crippen LogP contribution in [0.2, 0.25) is 0 Å². The van der Waals surface area contributed by atoms with Gasteiger partial charge in [0.15, 0.2) is 0 Å². The van der Waals surface area contributed by atoms with Crippen molar-refractivity contribution in [3.05, 3.63) is 44.0 Å². The second kappa shape index (κ2) is 3.18. The second-order valence-electron chi connectivity index (χ2n) is 2.35. The van der Waals surface area contributed by atoms with Crippen molar-refractivity contribution in [3.63, 3.8) is 0 Å². The molecule has 0 fully saturated rings. The number of hydrogen-bond donors (Lipinski definition) is 0. The summed E-state index contributed by atoms with van der Waals surface area (Å²) in [6.45, 7) is 1.41. The summed E-state index contributed by atoms with van der Waals surface area (Å²) in [6, 6.07) is 4.88. The molecule has 1 rings (SSSR count). The van der Waals surface area contributed by atoms with Crippen LogP contribution < -0.4 is 0 Å². The SMILES string of the molecule is Cc1[c]ccc([N+](=O)[O-])c1[N+](=O)[O-]. The van der Waals surface area contributed by atoms with E-state index in [0.29, 0.717) is 0 Å². The molecule has 0 saturated heterocycles. The maximum Gasteiger partial charge on any atom is 0.349 e. The highest BCUT2D eigenvalue weighted by Gasteiger charge is 2.25. The number of nitro groups is 2.